The molecule has 0 radical (unpaired) electrons. The van der Waals surface area contributed by atoms with Crippen LogP contribution >= 0.6 is 11.6 Å². The van der Waals surface area contributed by atoms with Crippen LogP contribution in [-0.2, 0) is 12.8 Å². The van der Waals surface area contributed by atoms with Gasteiger partial charge in [-0.05, 0) is 0 Å². The smallest absolute Gasteiger partial charge is 0.142 e. The Morgan fingerprint density at radius 2 is 1.82 bits per heavy atom. The lowest BCUT2D eigenvalue weighted by Crippen LogP contribution is -2.14. The molecule has 0 bridgehead atoms. The lowest BCUT2D eigenvalue weighted by Gasteiger charge is -2.18. The van der Waals surface area contributed by atoms with E-state index in [1.54, 1.807) is 0 Å². The zero-order valence-electron chi connectivity index (χ0n) is 9.33. The number of hydrogen-bond donors (Lipinski definition) is 2. The highest BCUT2D eigenvalue weighted by atomic mass is 35.5. The van der Waals surface area contributed by atoms with E-state index in [0.29, 0.717) is 24.0 Å². The van der Waals surface area contributed by atoms with Gasteiger partial charge in [-0.2, -0.15) is 0 Å². The molecule has 3 rings (SSSR count). The lowest BCUT2D eigenvalue weighted by molar-refractivity contribution is 0.180. The molecule has 1 aromatic carbocycles. The molecule has 0 amide bonds. The largest absolute Gasteiger partial charge is 0.492 e. The molecule has 0 spiro atoms. The van der Waals surface area contributed by atoms with Crippen molar-refractivity contribution in [2.45, 2.75) is 18.9 Å². The fraction of sp³-hybridized carbons (Fsp3) is 0.500. The predicted molar refractivity (Wildman–Crippen MR) is 63.9 cm³/mol. The van der Waals surface area contributed by atoms with Crippen LogP contribution in [0.1, 0.15) is 22.8 Å². The van der Waals surface area contributed by atoms with E-state index in [4.69, 9.17) is 26.8 Å². The van der Waals surface area contributed by atoms with Crippen molar-refractivity contribution in [3.05, 3.63) is 21.7 Å². The van der Waals surface area contributed by atoms with Crippen LogP contribution in [0.4, 0.5) is 0 Å². The second-order valence-electron chi connectivity index (χ2n) is 4.29. The fourth-order valence-electron chi connectivity index (χ4n) is 2.56. The van der Waals surface area contributed by atoms with Gasteiger partial charge in [0.1, 0.15) is 11.5 Å². The summed E-state index contributed by atoms with van der Waals surface area (Å²) >= 11 is 6.30. The van der Waals surface area contributed by atoms with Gasteiger partial charge in [0.25, 0.3) is 0 Å². The quantitative estimate of drug-likeness (QED) is 0.834. The summed E-state index contributed by atoms with van der Waals surface area (Å²) in [7, 11) is 0. The van der Waals surface area contributed by atoms with Crippen LogP contribution in [0.15, 0.2) is 0 Å². The van der Waals surface area contributed by atoms with Gasteiger partial charge in [0.2, 0.25) is 0 Å². The Labute approximate surface area is 104 Å². The standard InChI is InChI=1S/C12H14ClNO3/c13-10-7-2-4-16-11(7)9(8(15)5-14)6-1-3-17-12(6)10/h8,15H,1-5,14H2. The average molecular weight is 256 g/mol. The number of nitrogens with two attached hydrogens (primary N) is 1. The summed E-state index contributed by atoms with van der Waals surface area (Å²) in [5.74, 6) is 1.43. The average Bonchev–Trinajstić information content (AvgIpc) is 2.96. The summed E-state index contributed by atoms with van der Waals surface area (Å²) in [6.07, 6.45) is 0.794. The third kappa shape index (κ3) is 1.52. The Morgan fingerprint density at radius 3 is 2.53 bits per heavy atom. The number of halogens is 1. The zero-order chi connectivity index (χ0) is 12.0. The van der Waals surface area contributed by atoms with Gasteiger partial charge >= 0.3 is 0 Å². The van der Waals surface area contributed by atoms with Gasteiger partial charge in [-0.15, -0.1) is 0 Å². The molecule has 17 heavy (non-hydrogen) atoms. The third-order valence-electron chi connectivity index (χ3n) is 3.34. The summed E-state index contributed by atoms with van der Waals surface area (Å²) in [6.45, 7) is 1.37. The maximum atomic E-state index is 10.0. The van der Waals surface area contributed by atoms with Crippen molar-refractivity contribution in [3.63, 3.8) is 0 Å². The van der Waals surface area contributed by atoms with E-state index in [-0.39, 0.29) is 6.54 Å². The minimum Gasteiger partial charge on any atom is -0.492 e. The number of aliphatic hydroxyl groups excluding tert-OH is 1. The molecule has 0 aromatic heterocycles. The first-order valence-corrected chi connectivity index (χ1v) is 6.12. The van der Waals surface area contributed by atoms with E-state index in [1.807, 2.05) is 0 Å². The first-order valence-electron chi connectivity index (χ1n) is 5.75. The highest BCUT2D eigenvalue weighted by Gasteiger charge is 2.32. The van der Waals surface area contributed by atoms with E-state index in [0.717, 1.165) is 35.3 Å². The molecule has 1 unspecified atom stereocenters. The molecule has 0 fully saturated rings. The van der Waals surface area contributed by atoms with E-state index in [1.165, 1.54) is 0 Å². The maximum Gasteiger partial charge on any atom is 0.142 e. The van der Waals surface area contributed by atoms with Crippen molar-refractivity contribution in [2.75, 3.05) is 19.8 Å². The molecule has 0 saturated carbocycles. The topological polar surface area (TPSA) is 64.7 Å². The Kier molecular flexibility index (Phi) is 2.65. The number of aliphatic hydroxyl groups is 1. The molecule has 2 heterocycles. The molecule has 2 aliphatic heterocycles. The van der Waals surface area contributed by atoms with Crippen LogP contribution in [0.25, 0.3) is 0 Å². The second kappa shape index (κ2) is 4.05. The van der Waals surface area contributed by atoms with E-state index in [2.05, 4.69) is 0 Å². The van der Waals surface area contributed by atoms with Gasteiger partial charge in [-0.25, -0.2) is 0 Å². The third-order valence-corrected chi connectivity index (χ3v) is 3.74. The van der Waals surface area contributed by atoms with Gasteiger partial charge in [-0.3, -0.25) is 0 Å². The molecule has 2 aliphatic rings. The lowest BCUT2D eigenvalue weighted by atomic mass is 9.95. The monoisotopic (exact) mass is 255 g/mol. The van der Waals surface area contributed by atoms with Crippen LogP contribution in [0.3, 0.4) is 0 Å². The number of benzene rings is 1. The van der Waals surface area contributed by atoms with Crippen LogP contribution < -0.4 is 15.2 Å². The van der Waals surface area contributed by atoms with Crippen molar-refractivity contribution in [1.29, 1.82) is 0 Å². The number of hydrogen-bond acceptors (Lipinski definition) is 4. The zero-order valence-corrected chi connectivity index (χ0v) is 10.1. The first kappa shape index (κ1) is 11.1. The Bertz CT molecular complexity index is 440. The molecular formula is C12H14ClNO3. The van der Waals surface area contributed by atoms with Crippen molar-refractivity contribution in [2.24, 2.45) is 5.73 Å². The molecule has 4 nitrogen and oxygen atoms in total. The fourth-order valence-corrected chi connectivity index (χ4v) is 2.91. The minimum absolute atomic E-state index is 0.171. The predicted octanol–water partition coefficient (Wildman–Crippen LogP) is 1.20. The van der Waals surface area contributed by atoms with Crippen molar-refractivity contribution >= 4 is 11.6 Å². The van der Waals surface area contributed by atoms with Crippen LogP contribution in [0.2, 0.25) is 5.02 Å². The first-order chi connectivity index (χ1) is 8.24. The maximum absolute atomic E-state index is 10.0. The van der Waals surface area contributed by atoms with Crippen molar-refractivity contribution in [3.8, 4) is 11.5 Å². The van der Waals surface area contributed by atoms with Gasteiger partial charge in [0.05, 0.1) is 24.3 Å². The van der Waals surface area contributed by atoms with E-state index < -0.39 is 6.10 Å². The van der Waals surface area contributed by atoms with Gasteiger partial charge in [0, 0.05) is 36.1 Å². The molecule has 1 aromatic rings. The van der Waals surface area contributed by atoms with Crippen molar-refractivity contribution in [1.82, 2.24) is 0 Å². The van der Waals surface area contributed by atoms with E-state index >= 15 is 0 Å². The van der Waals surface area contributed by atoms with Crippen LogP contribution in [0, 0.1) is 0 Å². The molecule has 5 heteroatoms. The molecule has 1 atom stereocenters. The van der Waals surface area contributed by atoms with Crippen LogP contribution in [0.5, 0.6) is 11.5 Å². The summed E-state index contributed by atoms with van der Waals surface area (Å²) in [5, 5.41) is 10.7. The highest BCUT2D eigenvalue weighted by Crippen LogP contribution is 2.48. The Morgan fingerprint density at radius 1 is 1.18 bits per heavy atom. The molecule has 92 valence electrons. The SMILES string of the molecule is NCC(O)c1c2c(c(Cl)c3c1OCC3)OCC2. The summed E-state index contributed by atoms with van der Waals surface area (Å²) in [4.78, 5) is 0. The Balaban J connectivity index is 2.26. The minimum atomic E-state index is -0.713. The highest BCUT2D eigenvalue weighted by molar-refractivity contribution is 6.33. The van der Waals surface area contributed by atoms with Gasteiger partial charge < -0.3 is 20.3 Å². The number of rotatable bonds is 2. The molecule has 0 saturated heterocycles. The summed E-state index contributed by atoms with van der Waals surface area (Å²) < 4.78 is 11.2. The molecular weight excluding hydrogens is 242 g/mol. The normalized spacial score (nSPS) is 18.3. The second-order valence-corrected chi connectivity index (χ2v) is 4.67. The number of ether oxygens (including phenoxy) is 2. The molecule has 3 N–H and O–H groups in total. The summed E-state index contributed by atoms with van der Waals surface area (Å²) in [6, 6.07) is 0. The molecule has 0 aliphatic carbocycles. The number of fused-ring (bicyclic) bond motifs is 2. The van der Waals surface area contributed by atoms with E-state index in [9.17, 15) is 5.11 Å². The van der Waals surface area contributed by atoms with Gasteiger partial charge in [-0.1, -0.05) is 11.6 Å². The van der Waals surface area contributed by atoms with Crippen molar-refractivity contribution < 1.29 is 14.6 Å². The van der Waals surface area contributed by atoms with Gasteiger partial charge in [0.15, 0.2) is 0 Å². The summed E-state index contributed by atoms with van der Waals surface area (Å²) in [5.41, 5.74) is 8.22. The Hall–Kier alpha value is -0.970. The van der Waals surface area contributed by atoms with Crippen LogP contribution in [-0.4, -0.2) is 24.9 Å².